The third-order valence-electron chi connectivity index (χ3n) is 5.56. The van der Waals surface area contributed by atoms with E-state index in [9.17, 15) is 4.79 Å². The first-order chi connectivity index (χ1) is 14.3. The van der Waals surface area contributed by atoms with E-state index in [2.05, 4.69) is 34.5 Å². The molecule has 4 aromatic rings. The number of hydrogen-bond acceptors (Lipinski definition) is 4. The number of benzene rings is 3. The number of para-hydroxylation sites is 1. The molecule has 0 unspecified atom stereocenters. The van der Waals surface area contributed by atoms with Crippen LogP contribution in [0.25, 0.3) is 22.2 Å². The molecule has 0 radical (unpaired) electrons. The van der Waals surface area contributed by atoms with Crippen molar-refractivity contribution in [3.8, 4) is 11.1 Å². The molecule has 5 nitrogen and oxygen atoms in total. The lowest BCUT2D eigenvalue weighted by Crippen LogP contribution is -2.43. The molecule has 0 aliphatic carbocycles. The third kappa shape index (κ3) is 3.34. The number of fused-ring (bicyclic) bond motifs is 1. The van der Waals surface area contributed by atoms with Crippen molar-refractivity contribution < 1.29 is 4.42 Å². The van der Waals surface area contributed by atoms with Crippen molar-refractivity contribution in [2.45, 2.75) is 6.54 Å². The summed E-state index contributed by atoms with van der Waals surface area (Å²) in [5.74, 6) is -0.314. The maximum absolute atomic E-state index is 12.8. The molecule has 29 heavy (non-hydrogen) atoms. The van der Waals surface area contributed by atoms with Crippen molar-refractivity contribution in [2.24, 2.45) is 0 Å². The van der Waals surface area contributed by atoms with Gasteiger partial charge in [0.2, 0.25) is 0 Å². The van der Waals surface area contributed by atoms with Crippen LogP contribution in [0.15, 0.2) is 82.0 Å². The number of nitrogens with zero attached hydrogens (tertiary/aromatic N) is 2. The summed E-state index contributed by atoms with van der Waals surface area (Å²) in [4.78, 5) is 15.1. The molecule has 1 aromatic heterocycles. The van der Waals surface area contributed by atoms with Crippen LogP contribution in [0.3, 0.4) is 0 Å². The Morgan fingerprint density at radius 3 is 2.45 bits per heavy atom. The van der Waals surface area contributed by atoms with Gasteiger partial charge in [0.15, 0.2) is 5.58 Å². The quantitative estimate of drug-likeness (QED) is 0.582. The highest BCUT2D eigenvalue weighted by Gasteiger charge is 2.19. The topological polar surface area (TPSA) is 50.4 Å². The van der Waals surface area contributed by atoms with Gasteiger partial charge in [0.1, 0.15) is 0 Å². The lowest BCUT2D eigenvalue weighted by molar-refractivity contribution is 0.515. The molecular weight excluding hydrogens is 362 g/mol. The monoisotopic (exact) mass is 385 g/mol. The van der Waals surface area contributed by atoms with Crippen molar-refractivity contribution in [3.63, 3.8) is 0 Å². The molecular formula is C24H23N3O2. The molecule has 1 N–H and O–H groups in total. The van der Waals surface area contributed by atoms with Crippen LogP contribution in [-0.2, 0) is 6.54 Å². The number of hydrogen-bond donors (Lipinski definition) is 1. The van der Waals surface area contributed by atoms with Crippen LogP contribution in [0.4, 0.5) is 5.69 Å². The predicted octanol–water partition coefficient (Wildman–Crippen LogP) is 3.72. The number of oxazole rings is 1. The van der Waals surface area contributed by atoms with Gasteiger partial charge in [-0.1, -0.05) is 60.7 Å². The Labute approximate surface area is 169 Å². The fourth-order valence-corrected chi connectivity index (χ4v) is 4.10. The summed E-state index contributed by atoms with van der Waals surface area (Å²) >= 11 is 0. The molecule has 3 aromatic carbocycles. The Morgan fingerprint density at radius 2 is 1.62 bits per heavy atom. The van der Waals surface area contributed by atoms with Crippen LogP contribution in [0.1, 0.15) is 5.56 Å². The largest absolute Gasteiger partial charge is 0.420 e. The molecule has 146 valence electrons. The standard InChI is InChI=1S/C24H23N3O2/c28-24-27(17-19-9-4-5-10-20(19)18-7-2-1-3-8-18)22-12-6-11-21(23(22)29-24)26-15-13-25-14-16-26/h1-12,25H,13-17H2. The molecule has 5 heteroatoms. The fraction of sp³-hybridized carbons (Fsp3) is 0.208. The second kappa shape index (κ2) is 7.60. The SMILES string of the molecule is O=c1oc2c(N3CCNCC3)cccc2n1Cc1ccccc1-c1ccccc1. The molecule has 0 saturated carbocycles. The molecule has 0 atom stereocenters. The maximum Gasteiger partial charge on any atom is 0.420 e. The van der Waals surface area contributed by atoms with Gasteiger partial charge in [-0.05, 0) is 28.8 Å². The Balaban J connectivity index is 1.58. The Bertz CT molecular complexity index is 1190. The van der Waals surface area contributed by atoms with Gasteiger partial charge in [0, 0.05) is 26.2 Å². The molecule has 0 bridgehead atoms. The molecule has 5 rings (SSSR count). The van der Waals surface area contributed by atoms with E-state index in [4.69, 9.17) is 4.42 Å². The molecule has 2 heterocycles. The first-order valence-electron chi connectivity index (χ1n) is 10.0. The van der Waals surface area contributed by atoms with Crippen molar-refractivity contribution in [1.29, 1.82) is 0 Å². The van der Waals surface area contributed by atoms with Gasteiger partial charge >= 0.3 is 5.76 Å². The Morgan fingerprint density at radius 1 is 0.862 bits per heavy atom. The summed E-state index contributed by atoms with van der Waals surface area (Å²) in [7, 11) is 0. The van der Waals surface area contributed by atoms with Crippen molar-refractivity contribution in [3.05, 3.63) is 88.9 Å². The predicted molar refractivity (Wildman–Crippen MR) is 117 cm³/mol. The summed E-state index contributed by atoms with van der Waals surface area (Å²) in [6, 6.07) is 24.5. The zero-order valence-electron chi connectivity index (χ0n) is 16.2. The van der Waals surface area contributed by atoms with Crippen molar-refractivity contribution in [1.82, 2.24) is 9.88 Å². The van der Waals surface area contributed by atoms with E-state index in [0.717, 1.165) is 54.1 Å². The smallest absolute Gasteiger partial charge is 0.405 e. The fourth-order valence-electron chi connectivity index (χ4n) is 4.10. The van der Waals surface area contributed by atoms with Gasteiger partial charge in [-0.2, -0.15) is 0 Å². The van der Waals surface area contributed by atoms with E-state index >= 15 is 0 Å². The minimum absolute atomic E-state index is 0.314. The average molecular weight is 385 g/mol. The first-order valence-corrected chi connectivity index (χ1v) is 10.0. The van der Waals surface area contributed by atoms with Gasteiger partial charge in [-0.25, -0.2) is 4.79 Å². The average Bonchev–Trinajstić information content (AvgIpc) is 3.10. The second-order valence-corrected chi connectivity index (χ2v) is 7.34. The van der Waals surface area contributed by atoms with Crippen molar-refractivity contribution >= 4 is 16.8 Å². The normalized spacial score (nSPS) is 14.4. The van der Waals surface area contributed by atoms with Crippen LogP contribution < -0.4 is 16.0 Å². The van der Waals surface area contributed by atoms with Crippen LogP contribution in [0.2, 0.25) is 0 Å². The highest BCUT2D eigenvalue weighted by molar-refractivity contribution is 5.87. The minimum atomic E-state index is -0.314. The van der Waals surface area contributed by atoms with Crippen LogP contribution in [0, 0.1) is 0 Å². The molecule has 1 fully saturated rings. The van der Waals surface area contributed by atoms with Crippen molar-refractivity contribution in [2.75, 3.05) is 31.1 Å². The van der Waals surface area contributed by atoms with E-state index in [-0.39, 0.29) is 5.76 Å². The Kier molecular flexibility index (Phi) is 4.66. The number of nitrogens with one attached hydrogen (secondary N) is 1. The molecule has 0 amide bonds. The maximum atomic E-state index is 12.8. The molecule has 1 aliphatic heterocycles. The van der Waals surface area contributed by atoms with Crippen LogP contribution >= 0.6 is 0 Å². The third-order valence-corrected chi connectivity index (χ3v) is 5.56. The molecule has 0 spiro atoms. The summed E-state index contributed by atoms with van der Waals surface area (Å²) in [5.41, 5.74) is 5.89. The van der Waals surface area contributed by atoms with E-state index in [0.29, 0.717) is 12.1 Å². The minimum Gasteiger partial charge on any atom is -0.405 e. The van der Waals surface area contributed by atoms with Gasteiger partial charge < -0.3 is 14.6 Å². The first kappa shape index (κ1) is 17.8. The van der Waals surface area contributed by atoms with Crippen LogP contribution in [-0.4, -0.2) is 30.7 Å². The number of piperazine rings is 1. The summed E-state index contributed by atoms with van der Waals surface area (Å²) in [6.07, 6.45) is 0. The highest BCUT2D eigenvalue weighted by Crippen LogP contribution is 2.29. The number of rotatable bonds is 4. The number of aromatic nitrogens is 1. The molecule has 1 aliphatic rings. The van der Waals surface area contributed by atoms with E-state index in [1.165, 1.54) is 0 Å². The zero-order chi connectivity index (χ0) is 19.6. The second-order valence-electron chi connectivity index (χ2n) is 7.34. The van der Waals surface area contributed by atoms with E-state index in [1.54, 1.807) is 4.57 Å². The molecule has 1 saturated heterocycles. The summed E-state index contributed by atoms with van der Waals surface area (Å²) in [5, 5.41) is 3.36. The lowest BCUT2D eigenvalue weighted by atomic mass is 10.00. The van der Waals surface area contributed by atoms with Crippen LogP contribution in [0.5, 0.6) is 0 Å². The van der Waals surface area contributed by atoms with Gasteiger partial charge in [-0.15, -0.1) is 0 Å². The van der Waals surface area contributed by atoms with Gasteiger partial charge in [-0.3, -0.25) is 4.57 Å². The number of anilines is 1. The van der Waals surface area contributed by atoms with E-state index in [1.807, 2.05) is 48.5 Å². The summed E-state index contributed by atoms with van der Waals surface area (Å²) < 4.78 is 7.49. The van der Waals surface area contributed by atoms with E-state index < -0.39 is 0 Å². The Hall–Kier alpha value is -3.31. The van der Waals surface area contributed by atoms with Gasteiger partial charge in [0.05, 0.1) is 17.7 Å². The lowest BCUT2D eigenvalue weighted by Gasteiger charge is -2.29. The zero-order valence-corrected chi connectivity index (χ0v) is 16.2. The van der Waals surface area contributed by atoms with Gasteiger partial charge in [0.25, 0.3) is 0 Å². The highest BCUT2D eigenvalue weighted by atomic mass is 16.4. The summed E-state index contributed by atoms with van der Waals surface area (Å²) in [6.45, 7) is 4.16.